The van der Waals surface area contributed by atoms with Gasteiger partial charge in [0.25, 0.3) is 0 Å². The molecule has 0 aliphatic rings. The molecule has 0 aromatic heterocycles. The zero-order valence-electron chi connectivity index (χ0n) is 49.1. The van der Waals surface area contributed by atoms with Gasteiger partial charge in [0.15, 0.2) is 0 Å². The lowest BCUT2D eigenvalue weighted by atomic mass is 10.0. The summed E-state index contributed by atoms with van der Waals surface area (Å²) in [6, 6.07) is -0.548. The van der Waals surface area contributed by atoms with E-state index in [-0.39, 0.29) is 18.5 Å². The number of hydrogen-bond donors (Lipinski definition) is 3. The average molecular weight is 1030 g/mol. The van der Waals surface area contributed by atoms with Crippen molar-refractivity contribution in [3.05, 3.63) is 36.5 Å². The van der Waals surface area contributed by atoms with Gasteiger partial charge in [-0.25, -0.2) is 0 Å². The summed E-state index contributed by atoms with van der Waals surface area (Å²) in [5, 5.41) is 23.3. The van der Waals surface area contributed by atoms with Crippen LogP contribution in [0, 0.1) is 0 Å². The fourth-order valence-electron chi connectivity index (χ4n) is 10.1. The van der Waals surface area contributed by atoms with Crippen LogP contribution in [0.2, 0.25) is 0 Å². The molecule has 0 radical (unpaired) electrons. The first-order chi connectivity index (χ1) is 36.0. The Bertz CT molecular complexity index is 1180. The first-order valence-corrected chi connectivity index (χ1v) is 32.7. The highest BCUT2D eigenvalue weighted by atomic mass is 16.5. The molecule has 2 atom stereocenters. The Balaban J connectivity index is 3.42. The van der Waals surface area contributed by atoms with Gasteiger partial charge in [-0.05, 0) is 83.5 Å². The maximum Gasteiger partial charge on any atom is 0.305 e. The molecule has 0 aromatic carbocycles. The summed E-state index contributed by atoms with van der Waals surface area (Å²) in [6.07, 6.45) is 78.7. The molecule has 2 unspecified atom stereocenters. The molecule has 0 rings (SSSR count). The van der Waals surface area contributed by atoms with Crippen LogP contribution in [0.4, 0.5) is 0 Å². The summed E-state index contributed by atoms with van der Waals surface area (Å²) in [5.74, 6) is -0.0394. The number of amides is 1. The smallest absolute Gasteiger partial charge is 0.305 e. The molecule has 0 bridgehead atoms. The van der Waals surface area contributed by atoms with E-state index in [1.54, 1.807) is 0 Å². The lowest BCUT2D eigenvalue weighted by Gasteiger charge is -2.22. The van der Waals surface area contributed by atoms with E-state index >= 15 is 0 Å². The number of carbonyl (C=O) groups is 2. The van der Waals surface area contributed by atoms with Crippen molar-refractivity contribution in [2.24, 2.45) is 0 Å². The van der Waals surface area contributed by atoms with Crippen LogP contribution >= 0.6 is 0 Å². The van der Waals surface area contributed by atoms with Crippen LogP contribution in [0.1, 0.15) is 354 Å². The molecule has 0 aromatic rings. The Morgan fingerprint density at radius 3 is 1.07 bits per heavy atom. The van der Waals surface area contributed by atoms with Gasteiger partial charge in [-0.3, -0.25) is 9.59 Å². The zero-order valence-corrected chi connectivity index (χ0v) is 49.1. The minimum atomic E-state index is -0.670. The van der Waals surface area contributed by atoms with Gasteiger partial charge < -0.3 is 20.3 Å². The Labute approximate surface area is 455 Å². The molecule has 73 heavy (non-hydrogen) atoms. The summed E-state index contributed by atoms with van der Waals surface area (Å²) in [5.41, 5.74) is 0. The van der Waals surface area contributed by atoms with Crippen molar-refractivity contribution < 1.29 is 24.5 Å². The van der Waals surface area contributed by atoms with Crippen LogP contribution in [0.25, 0.3) is 0 Å². The maximum atomic E-state index is 12.5. The zero-order chi connectivity index (χ0) is 52.9. The summed E-state index contributed by atoms with van der Waals surface area (Å²) >= 11 is 0. The van der Waals surface area contributed by atoms with Gasteiger partial charge in [0.05, 0.1) is 25.4 Å². The van der Waals surface area contributed by atoms with Crippen molar-refractivity contribution in [2.75, 3.05) is 13.2 Å². The summed E-state index contributed by atoms with van der Waals surface area (Å²) in [7, 11) is 0. The van der Waals surface area contributed by atoms with Crippen LogP contribution in [-0.4, -0.2) is 47.4 Å². The first-order valence-electron chi connectivity index (χ1n) is 32.7. The number of aliphatic hydroxyl groups excluding tert-OH is 2. The van der Waals surface area contributed by atoms with E-state index in [0.29, 0.717) is 25.9 Å². The molecule has 3 N–H and O–H groups in total. The molecular weight excluding hydrogens is 899 g/mol. The molecule has 0 heterocycles. The molecule has 0 saturated heterocycles. The maximum absolute atomic E-state index is 12.5. The van der Waals surface area contributed by atoms with Gasteiger partial charge in [0.2, 0.25) is 5.91 Å². The quantitative estimate of drug-likeness (QED) is 0.0320. The number of esters is 1. The predicted molar refractivity (Wildman–Crippen MR) is 319 cm³/mol. The minimum Gasteiger partial charge on any atom is -0.466 e. The second kappa shape index (κ2) is 62.6. The fourth-order valence-corrected chi connectivity index (χ4v) is 10.1. The van der Waals surface area contributed by atoms with Gasteiger partial charge in [0, 0.05) is 12.8 Å². The largest absolute Gasteiger partial charge is 0.466 e. The number of unbranched alkanes of at least 4 members (excludes halogenated alkanes) is 44. The Morgan fingerprint density at radius 2 is 0.685 bits per heavy atom. The van der Waals surface area contributed by atoms with Gasteiger partial charge in [-0.2, -0.15) is 0 Å². The van der Waals surface area contributed by atoms with E-state index in [4.69, 9.17) is 4.74 Å². The molecular formula is C67H127NO5. The van der Waals surface area contributed by atoms with E-state index in [1.165, 1.54) is 270 Å². The molecule has 0 fully saturated rings. The monoisotopic (exact) mass is 1030 g/mol. The first kappa shape index (κ1) is 71.1. The Hall–Kier alpha value is -1.92. The van der Waals surface area contributed by atoms with Crippen molar-refractivity contribution in [1.29, 1.82) is 0 Å². The third-order valence-corrected chi connectivity index (χ3v) is 15.2. The minimum absolute atomic E-state index is 0.00127. The second-order valence-corrected chi connectivity index (χ2v) is 22.4. The molecule has 0 aliphatic heterocycles. The second-order valence-electron chi connectivity index (χ2n) is 22.4. The van der Waals surface area contributed by atoms with Crippen molar-refractivity contribution in [3.8, 4) is 0 Å². The van der Waals surface area contributed by atoms with Crippen molar-refractivity contribution in [3.63, 3.8) is 0 Å². The van der Waals surface area contributed by atoms with E-state index < -0.39 is 12.1 Å². The van der Waals surface area contributed by atoms with Crippen molar-refractivity contribution >= 4 is 11.9 Å². The van der Waals surface area contributed by atoms with Crippen LogP contribution in [0.3, 0.4) is 0 Å². The molecule has 6 heteroatoms. The molecule has 430 valence electrons. The molecule has 0 aliphatic carbocycles. The topological polar surface area (TPSA) is 95.9 Å². The lowest BCUT2D eigenvalue weighted by Crippen LogP contribution is -2.45. The third-order valence-electron chi connectivity index (χ3n) is 15.2. The van der Waals surface area contributed by atoms with Gasteiger partial charge in [-0.1, -0.05) is 294 Å². The normalized spacial score (nSPS) is 12.8. The highest BCUT2D eigenvalue weighted by Crippen LogP contribution is 2.18. The van der Waals surface area contributed by atoms with Crippen molar-refractivity contribution in [2.45, 2.75) is 366 Å². The Kier molecular flexibility index (Phi) is 61.0. The number of carbonyl (C=O) groups excluding carboxylic acids is 2. The number of aliphatic hydroxyl groups is 2. The lowest BCUT2D eigenvalue weighted by molar-refractivity contribution is -0.143. The number of ether oxygens (including phenoxy) is 1. The predicted octanol–water partition coefficient (Wildman–Crippen LogP) is 20.8. The number of hydrogen-bond acceptors (Lipinski definition) is 5. The SMILES string of the molecule is CCCCCC/C=C\C/C=C\CCCCCCCCCC(=O)OCCCCCCCCCCCC/C=C\CCCCCCCCCC(=O)NC(CO)C(O)CCCCCCCCCCCCCCCCCCC. The summed E-state index contributed by atoms with van der Waals surface area (Å²) in [4.78, 5) is 24.6. The van der Waals surface area contributed by atoms with E-state index in [9.17, 15) is 19.8 Å². The van der Waals surface area contributed by atoms with Crippen LogP contribution in [0.15, 0.2) is 36.5 Å². The van der Waals surface area contributed by atoms with Crippen LogP contribution in [-0.2, 0) is 14.3 Å². The molecule has 0 saturated carbocycles. The number of allylic oxidation sites excluding steroid dienone is 6. The highest BCUT2D eigenvalue weighted by Gasteiger charge is 2.20. The number of rotatable bonds is 61. The van der Waals surface area contributed by atoms with E-state index in [2.05, 4.69) is 55.6 Å². The summed E-state index contributed by atoms with van der Waals surface area (Å²) in [6.45, 7) is 4.95. The third kappa shape index (κ3) is 59.2. The van der Waals surface area contributed by atoms with Crippen LogP contribution in [0.5, 0.6) is 0 Å². The van der Waals surface area contributed by atoms with E-state index in [0.717, 1.165) is 51.4 Å². The highest BCUT2D eigenvalue weighted by molar-refractivity contribution is 5.76. The fraction of sp³-hybridized carbons (Fsp3) is 0.881. The molecule has 0 spiro atoms. The molecule has 6 nitrogen and oxygen atoms in total. The van der Waals surface area contributed by atoms with E-state index in [1.807, 2.05) is 0 Å². The standard InChI is InChI=1S/C67H127NO5/c1-3-5-7-9-11-13-15-17-19-21-29-33-37-41-45-49-53-57-61-67(72)73-62-58-54-50-46-42-38-34-30-26-24-22-23-25-28-32-36-40-44-48-52-56-60-66(71)68-64(63-69)65(70)59-55-51-47-43-39-35-31-27-20-18-16-14-12-10-8-6-4-2/h13,15,19,21,23,25,64-65,69-70H,3-12,14,16-18,20,22,24,26-63H2,1-2H3,(H,68,71)/b15-13-,21-19-,25-23-. The molecule has 1 amide bonds. The van der Waals surface area contributed by atoms with Gasteiger partial charge in [0.1, 0.15) is 0 Å². The summed E-state index contributed by atoms with van der Waals surface area (Å²) < 4.78 is 5.49. The number of nitrogens with one attached hydrogen (secondary N) is 1. The van der Waals surface area contributed by atoms with Gasteiger partial charge >= 0.3 is 5.97 Å². The van der Waals surface area contributed by atoms with Gasteiger partial charge in [-0.15, -0.1) is 0 Å². The van der Waals surface area contributed by atoms with Crippen molar-refractivity contribution in [1.82, 2.24) is 5.32 Å². The van der Waals surface area contributed by atoms with Crippen LogP contribution < -0.4 is 5.32 Å². The Morgan fingerprint density at radius 1 is 0.384 bits per heavy atom. The average Bonchev–Trinajstić information content (AvgIpc) is 3.39.